The third-order valence-electron chi connectivity index (χ3n) is 1.38. The van der Waals surface area contributed by atoms with Gasteiger partial charge in [0.05, 0.1) is 12.1 Å². The predicted octanol–water partition coefficient (Wildman–Crippen LogP) is 0.992. The Bertz CT molecular complexity index is 157. The molecule has 0 atom stereocenters. The molecule has 0 rings (SSSR count). The lowest BCUT2D eigenvalue weighted by molar-refractivity contribution is 0.330. The van der Waals surface area contributed by atoms with E-state index < -0.39 is 0 Å². The Hall–Kier alpha value is -1.06. The second-order valence-electron chi connectivity index (χ2n) is 2.85. The fourth-order valence-corrected chi connectivity index (χ4v) is 0.976. The summed E-state index contributed by atoms with van der Waals surface area (Å²) >= 11 is 0. The summed E-state index contributed by atoms with van der Waals surface area (Å²) in [5.74, 6) is 0.208. The predicted molar refractivity (Wildman–Crippen MR) is 42.5 cm³/mol. The maximum Gasteiger partial charge on any atom is 0.0625 e. The molecule has 0 fully saturated rings. The van der Waals surface area contributed by atoms with Gasteiger partial charge in [0.25, 0.3) is 0 Å². The third kappa shape index (κ3) is 5.39. The van der Waals surface area contributed by atoms with Gasteiger partial charge >= 0.3 is 0 Å². The SMILES string of the molecule is CN(C)CC(CC#N)CC#N. The normalized spacial score (nSPS) is 9.64. The Morgan fingerprint density at radius 2 is 1.64 bits per heavy atom. The summed E-state index contributed by atoms with van der Waals surface area (Å²) in [7, 11) is 3.89. The monoisotopic (exact) mass is 151 g/mol. The number of hydrogen-bond acceptors (Lipinski definition) is 3. The fraction of sp³-hybridized carbons (Fsp3) is 0.750. The fourth-order valence-electron chi connectivity index (χ4n) is 0.976. The molecule has 0 amide bonds. The maximum atomic E-state index is 8.40. The topological polar surface area (TPSA) is 50.8 Å². The lowest BCUT2D eigenvalue weighted by Gasteiger charge is -2.15. The van der Waals surface area contributed by atoms with Gasteiger partial charge in [0.1, 0.15) is 0 Å². The van der Waals surface area contributed by atoms with Gasteiger partial charge in [-0.3, -0.25) is 0 Å². The highest BCUT2D eigenvalue weighted by Gasteiger charge is 2.08. The minimum absolute atomic E-state index is 0.208. The van der Waals surface area contributed by atoms with E-state index in [1.165, 1.54) is 0 Å². The molecule has 0 radical (unpaired) electrons. The van der Waals surface area contributed by atoms with E-state index >= 15 is 0 Å². The summed E-state index contributed by atoms with van der Waals surface area (Å²) < 4.78 is 0. The van der Waals surface area contributed by atoms with Crippen molar-refractivity contribution in [3.05, 3.63) is 0 Å². The zero-order valence-electron chi connectivity index (χ0n) is 7.04. The van der Waals surface area contributed by atoms with Crippen molar-refractivity contribution in [2.75, 3.05) is 20.6 Å². The molecule has 0 N–H and O–H groups in total. The van der Waals surface area contributed by atoms with Crippen LogP contribution in [0.1, 0.15) is 12.8 Å². The standard InChI is InChI=1S/C8H13N3/c1-11(2)7-8(3-5-9)4-6-10/h8H,3-4,7H2,1-2H3. The molecule has 0 aromatic carbocycles. The molecule has 0 aliphatic carbocycles. The summed E-state index contributed by atoms with van der Waals surface area (Å²) in [5, 5.41) is 16.8. The van der Waals surface area contributed by atoms with E-state index in [9.17, 15) is 0 Å². The van der Waals surface area contributed by atoms with Crippen molar-refractivity contribution in [2.24, 2.45) is 5.92 Å². The van der Waals surface area contributed by atoms with E-state index in [-0.39, 0.29) is 5.92 Å². The van der Waals surface area contributed by atoms with Gasteiger partial charge in [0.15, 0.2) is 0 Å². The smallest absolute Gasteiger partial charge is 0.0625 e. The first-order valence-corrected chi connectivity index (χ1v) is 3.59. The van der Waals surface area contributed by atoms with Crippen LogP contribution in [0.5, 0.6) is 0 Å². The van der Waals surface area contributed by atoms with Gasteiger partial charge in [0.2, 0.25) is 0 Å². The van der Waals surface area contributed by atoms with Crippen LogP contribution in [0.15, 0.2) is 0 Å². The van der Waals surface area contributed by atoms with E-state index in [0.29, 0.717) is 12.8 Å². The van der Waals surface area contributed by atoms with Crippen molar-refractivity contribution in [3.63, 3.8) is 0 Å². The Morgan fingerprint density at radius 3 is 1.91 bits per heavy atom. The van der Waals surface area contributed by atoms with E-state index in [4.69, 9.17) is 10.5 Å². The van der Waals surface area contributed by atoms with E-state index in [2.05, 4.69) is 12.1 Å². The Morgan fingerprint density at radius 1 is 1.18 bits per heavy atom. The zero-order valence-corrected chi connectivity index (χ0v) is 7.04. The van der Waals surface area contributed by atoms with Crippen LogP contribution in [0.2, 0.25) is 0 Å². The highest BCUT2D eigenvalue weighted by atomic mass is 15.1. The van der Waals surface area contributed by atoms with Crippen molar-refractivity contribution in [1.29, 1.82) is 10.5 Å². The average Bonchev–Trinajstić information content (AvgIpc) is 1.87. The van der Waals surface area contributed by atoms with E-state index in [1.54, 1.807) is 0 Å². The highest BCUT2D eigenvalue weighted by Crippen LogP contribution is 2.07. The molecule has 0 aromatic rings. The van der Waals surface area contributed by atoms with Crippen LogP contribution in [0.3, 0.4) is 0 Å². The molecule has 0 aromatic heterocycles. The zero-order chi connectivity index (χ0) is 8.69. The van der Waals surface area contributed by atoms with Crippen LogP contribution in [-0.2, 0) is 0 Å². The summed E-state index contributed by atoms with van der Waals surface area (Å²) in [6.45, 7) is 0.821. The molecule has 0 heterocycles. The number of nitrogens with zero attached hydrogens (tertiary/aromatic N) is 3. The van der Waals surface area contributed by atoms with E-state index in [1.807, 2.05) is 19.0 Å². The molecular weight excluding hydrogens is 138 g/mol. The van der Waals surface area contributed by atoms with Crippen LogP contribution in [0.4, 0.5) is 0 Å². The summed E-state index contributed by atoms with van der Waals surface area (Å²) in [4.78, 5) is 2.00. The molecule has 0 aliphatic rings. The van der Waals surface area contributed by atoms with Crippen LogP contribution in [-0.4, -0.2) is 25.5 Å². The van der Waals surface area contributed by atoms with Gasteiger partial charge in [-0.15, -0.1) is 0 Å². The lowest BCUT2D eigenvalue weighted by atomic mass is 10.0. The van der Waals surface area contributed by atoms with Crippen LogP contribution in [0.25, 0.3) is 0 Å². The first-order valence-electron chi connectivity index (χ1n) is 3.59. The average molecular weight is 151 g/mol. The highest BCUT2D eigenvalue weighted by molar-refractivity contribution is 4.84. The van der Waals surface area contributed by atoms with Gasteiger partial charge in [-0.25, -0.2) is 0 Å². The largest absolute Gasteiger partial charge is 0.309 e. The summed E-state index contributed by atoms with van der Waals surface area (Å²) in [5.41, 5.74) is 0. The van der Waals surface area contributed by atoms with Gasteiger partial charge in [-0.2, -0.15) is 10.5 Å². The van der Waals surface area contributed by atoms with Crippen molar-refractivity contribution < 1.29 is 0 Å². The van der Waals surface area contributed by atoms with Gasteiger partial charge in [-0.1, -0.05) is 0 Å². The minimum atomic E-state index is 0.208. The van der Waals surface area contributed by atoms with Crippen molar-refractivity contribution >= 4 is 0 Å². The summed E-state index contributed by atoms with van der Waals surface area (Å²) in [6, 6.07) is 4.16. The Labute approximate surface area is 67.8 Å². The van der Waals surface area contributed by atoms with Gasteiger partial charge in [-0.05, 0) is 20.0 Å². The third-order valence-corrected chi connectivity index (χ3v) is 1.38. The quantitative estimate of drug-likeness (QED) is 0.602. The first-order chi connectivity index (χ1) is 5.20. The number of hydrogen-bond donors (Lipinski definition) is 0. The van der Waals surface area contributed by atoms with Crippen molar-refractivity contribution in [3.8, 4) is 12.1 Å². The lowest BCUT2D eigenvalue weighted by Crippen LogP contribution is -2.21. The number of nitriles is 2. The second-order valence-corrected chi connectivity index (χ2v) is 2.85. The number of rotatable bonds is 4. The maximum absolute atomic E-state index is 8.40. The minimum Gasteiger partial charge on any atom is -0.309 e. The molecule has 60 valence electrons. The Balaban J connectivity index is 3.73. The van der Waals surface area contributed by atoms with Crippen molar-refractivity contribution in [2.45, 2.75) is 12.8 Å². The van der Waals surface area contributed by atoms with Crippen LogP contribution in [0, 0.1) is 28.6 Å². The molecule has 0 spiro atoms. The Kier molecular flexibility index (Phi) is 5.15. The molecule has 0 bridgehead atoms. The molecular formula is C8H13N3. The summed E-state index contributed by atoms with van der Waals surface area (Å²) in [6.07, 6.45) is 0.956. The molecule has 0 saturated heterocycles. The van der Waals surface area contributed by atoms with Gasteiger partial charge in [0, 0.05) is 19.4 Å². The molecule has 11 heavy (non-hydrogen) atoms. The molecule has 0 saturated carbocycles. The van der Waals surface area contributed by atoms with Gasteiger partial charge < -0.3 is 4.90 Å². The van der Waals surface area contributed by atoms with E-state index in [0.717, 1.165) is 6.54 Å². The second kappa shape index (κ2) is 5.70. The van der Waals surface area contributed by atoms with Crippen LogP contribution < -0.4 is 0 Å². The molecule has 0 aliphatic heterocycles. The molecule has 3 nitrogen and oxygen atoms in total. The first kappa shape index (κ1) is 9.94. The van der Waals surface area contributed by atoms with Crippen molar-refractivity contribution in [1.82, 2.24) is 4.90 Å². The van der Waals surface area contributed by atoms with Crippen LogP contribution >= 0.6 is 0 Å². The molecule has 3 heteroatoms. The molecule has 0 unspecified atom stereocenters.